The summed E-state index contributed by atoms with van der Waals surface area (Å²) in [7, 11) is 0. The fraction of sp³-hybridized carbons (Fsp3) is 0.900. The molecule has 0 aliphatic heterocycles. The summed E-state index contributed by atoms with van der Waals surface area (Å²) in [5.41, 5.74) is 0. The van der Waals surface area contributed by atoms with Crippen molar-refractivity contribution in [2.75, 3.05) is 19.8 Å². The van der Waals surface area contributed by atoms with Gasteiger partial charge in [0, 0.05) is 5.92 Å². The minimum atomic E-state index is -0.363. The first-order chi connectivity index (χ1) is 6.52. The van der Waals surface area contributed by atoms with Gasteiger partial charge in [0.05, 0.1) is 25.7 Å². The Morgan fingerprint density at radius 1 is 1.21 bits per heavy atom. The zero-order chi connectivity index (χ0) is 11.1. The number of aliphatic hydroxyl groups is 2. The van der Waals surface area contributed by atoms with E-state index in [9.17, 15) is 4.79 Å². The Morgan fingerprint density at radius 2 is 1.71 bits per heavy atom. The second-order valence-corrected chi connectivity index (χ2v) is 3.89. The third-order valence-electron chi connectivity index (χ3n) is 2.35. The lowest BCUT2D eigenvalue weighted by Crippen LogP contribution is -2.25. The first-order valence-corrected chi connectivity index (χ1v) is 4.91. The monoisotopic (exact) mass is 204 g/mol. The van der Waals surface area contributed by atoms with E-state index in [0.717, 1.165) is 0 Å². The van der Waals surface area contributed by atoms with Crippen LogP contribution in [0.2, 0.25) is 0 Å². The molecular weight excluding hydrogens is 184 g/mol. The average molecular weight is 204 g/mol. The van der Waals surface area contributed by atoms with Gasteiger partial charge in [-0.25, -0.2) is 0 Å². The highest BCUT2D eigenvalue weighted by Crippen LogP contribution is 2.11. The molecule has 0 aliphatic carbocycles. The first kappa shape index (κ1) is 13.4. The molecule has 0 saturated heterocycles. The molecule has 0 aromatic carbocycles. The predicted molar refractivity (Wildman–Crippen MR) is 52.6 cm³/mol. The Kier molecular flexibility index (Phi) is 6.49. The van der Waals surface area contributed by atoms with E-state index in [1.54, 1.807) is 6.92 Å². The molecule has 0 radical (unpaired) electrons. The van der Waals surface area contributed by atoms with Crippen molar-refractivity contribution < 1.29 is 19.7 Å². The van der Waals surface area contributed by atoms with Crippen molar-refractivity contribution in [1.29, 1.82) is 0 Å². The van der Waals surface area contributed by atoms with Crippen molar-refractivity contribution in [2.45, 2.75) is 20.8 Å². The maximum absolute atomic E-state index is 11.3. The standard InChI is InChI=1S/C10H20O4/c1-7(2)8(3)10(13)14-6-9(4-11)5-12/h7-9,11-12H,4-6H2,1-3H3. The zero-order valence-corrected chi connectivity index (χ0v) is 9.06. The molecule has 0 aromatic rings. The molecule has 0 heterocycles. The molecule has 0 aromatic heterocycles. The summed E-state index contributed by atoms with van der Waals surface area (Å²) in [5, 5.41) is 17.5. The molecule has 0 amide bonds. The van der Waals surface area contributed by atoms with Crippen LogP contribution in [0.1, 0.15) is 20.8 Å². The van der Waals surface area contributed by atoms with Crippen molar-refractivity contribution in [3.05, 3.63) is 0 Å². The number of hydrogen-bond donors (Lipinski definition) is 2. The van der Waals surface area contributed by atoms with Crippen molar-refractivity contribution in [3.8, 4) is 0 Å². The molecule has 0 saturated carbocycles. The average Bonchev–Trinajstić information content (AvgIpc) is 2.17. The quantitative estimate of drug-likeness (QED) is 0.615. The Morgan fingerprint density at radius 3 is 2.07 bits per heavy atom. The fourth-order valence-electron chi connectivity index (χ4n) is 0.767. The van der Waals surface area contributed by atoms with E-state index in [1.165, 1.54) is 0 Å². The van der Waals surface area contributed by atoms with Crippen LogP contribution in [0.4, 0.5) is 0 Å². The van der Waals surface area contributed by atoms with Crippen LogP contribution in [0.3, 0.4) is 0 Å². The number of esters is 1. The minimum absolute atomic E-state index is 0.0862. The van der Waals surface area contributed by atoms with E-state index in [-0.39, 0.29) is 43.5 Å². The lowest BCUT2D eigenvalue weighted by molar-refractivity contribution is -0.151. The molecule has 1 unspecified atom stereocenters. The van der Waals surface area contributed by atoms with Gasteiger partial charge in [-0.05, 0) is 5.92 Å². The van der Waals surface area contributed by atoms with Crippen molar-refractivity contribution in [2.24, 2.45) is 17.8 Å². The SMILES string of the molecule is CC(C)C(C)C(=O)OCC(CO)CO. The van der Waals surface area contributed by atoms with Crippen LogP contribution in [0, 0.1) is 17.8 Å². The highest BCUT2D eigenvalue weighted by atomic mass is 16.5. The topological polar surface area (TPSA) is 66.8 Å². The van der Waals surface area contributed by atoms with Crippen LogP contribution >= 0.6 is 0 Å². The molecule has 4 heteroatoms. The second-order valence-electron chi connectivity index (χ2n) is 3.89. The maximum Gasteiger partial charge on any atom is 0.308 e. The summed E-state index contributed by atoms with van der Waals surface area (Å²) in [4.78, 5) is 11.3. The van der Waals surface area contributed by atoms with Gasteiger partial charge in [0.2, 0.25) is 0 Å². The minimum Gasteiger partial charge on any atom is -0.465 e. The maximum atomic E-state index is 11.3. The van der Waals surface area contributed by atoms with Gasteiger partial charge in [-0.2, -0.15) is 0 Å². The van der Waals surface area contributed by atoms with E-state index in [2.05, 4.69) is 0 Å². The van der Waals surface area contributed by atoms with Crippen molar-refractivity contribution >= 4 is 5.97 Å². The third kappa shape index (κ3) is 4.58. The molecule has 14 heavy (non-hydrogen) atoms. The van der Waals surface area contributed by atoms with Gasteiger partial charge in [0.25, 0.3) is 0 Å². The highest BCUT2D eigenvalue weighted by molar-refractivity contribution is 5.72. The number of aliphatic hydroxyl groups excluding tert-OH is 2. The van der Waals surface area contributed by atoms with E-state index >= 15 is 0 Å². The van der Waals surface area contributed by atoms with Gasteiger partial charge >= 0.3 is 5.97 Å². The van der Waals surface area contributed by atoms with Crippen LogP contribution < -0.4 is 0 Å². The highest BCUT2D eigenvalue weighted by Gasteiger charge is 2.19. The molecule has 0 spiro atoms. The summed E-state index contributed by atoms with van der Waals surface area (Å²) in [6.07, 6.45) is 0. The Labute approximate surface area is 84.9 Å². The van der Waals surface area contributed by atoms with Crippen LogP contribution in [0.5, 0.6) is 0 Å². The lowest BCUT2D eigenvalue weighted by Gasteiger charge is -2.16. The summed E-state index contributed by atoms with van der Waals surface area (Å²) in [5.74, 6) is -0.539. The van der Waals surface area contributed by atoms with Crippen LogP contribution in [-0.2, 0) is 9.53 Å². The van der Waals surface area contributed by atoms with Gasteiger partial charge in [-0.1, -0.05) is 20.8 Å². The van der Waals surface area contributed by atoms with Crippen LogP contribution in [0.25, 0.3) is 0 Å². The molecule has 0 bridgehead atoms. The lowest BCUT2D eigenvalue weighted by atomic mass is 9.98. The third-order valence-corrected chi connectivity index (χ3v) is 2.35. The fourth-order valence-corrected chi connectivity index (χ4v) is 0.767. The summed E-state index contributed by atoms with van der Waals surface area (Å²) >= 11 is 0. The predicted octanol–water partition coefficient (Wildman–Crippen LogP) is 0.422. The van der Waals surface area contributed by atoms with Gasteiger partial charge in [-0.3, -0.25) is 4.79 Å². The second kappa shape index (κ2) is 6.79. The van der Waals surface area contributed by atoms with Crippen LogP contribution in [-0.4, -0.2) is 36.0 Å². The van der Waals surface area contributed by atoms with Crippen LogP contribution in [0.15, 0.2) is 0 Å². The molecule has 2 N–H and O–H groups in total. The van der Waals surface area contributed by atoms with Gasteiger partial charge in [0.15, 0.2) is 0 Å². The zero-order valence-electron chi connectivity index (χ0n) is 9.06. The molecule has 0 fully saturated rings. The number of carbonyl (C=O) groups is 1. The number of rotatable bonds is 6. The first-order valence-electron chi connectivity index (χ1n) is 4.91. The molecule has 4 nitrogen and oxygen atoms in total. The van der Waals surface area contributed by atoms with Gasteiger partial charge < -0.3 is 14.9 Å². The normalized spacial score (nSPS) is 13.4. The molecule has 1 atom stereocenters. The van der Waals surface area contributed by atoms with Gasteiger partial charge in [-0.15, -0.1) is 0 Å². The van der Waals surface area contributed by atoms with E-state index in [0.29, 0.717) is 0 Å². The summed E-state index contributed by atoms with van der Waals surface area (Å²) < 4.78 is 4.95. The Bertz CT molecular complexity index is 164. The Hall–Kier alpha value is -0.610. The smallest absolute Gasteiger partial charge is 0.308 e. The summed E-state index contributed by atoms with van der Waals surface area (Å²) in [6, 6.07) is 0. The molecule has 84 valence electrons. The van der Waals surface area contributed by atoms with E-state index in [1.807, 2.05) is 13.8 Å². The summed E-state index contributed by atoms with van der Waals surface area (Å²) in [6.45, 7) is 5.45. The Balaban J connectivity index is 3.83. The van der Waals surface area contributed by atoms with Gasteiger partial charge in [0.1, 0.15) is 0 Å². The number of hydrogen-bond acceptors (Lipinski definition) is 4. The molecule has 0 rings (SSSR count). The van der Waals surface area contributed by atoms with E-state index < -0.39 is 0 Å². The number of ether oxygens (including phenoxy) is 1. The van der Waals surface area contributed by atoms with Crippen molar-refractivity contribution in [1.82, 2.24) is 0 Å². The largest absolute Gasteiger partial charge is 0.465 e. The molecular formula is C10H20O4. The van der Waals surface area contributed by atoms with Crippen molar-refractivity contribution in [3.63, 3.8) is 0 Å². The van der Waals surface area contributed by atoms with E-state index in [4.69, 9.17) is 14.9 Å². The number of carbonyl (C=O) groups excluding carboxylic acids is 1. The molecule has 0 aliphatic rings.